The first-order valence-corrected chi connectivity index (χ1v) is 11.1. The van der Waals surface area contributed by atoms with Gasteiger partial charge in [-0.2, -0.15) is 0 Å². The molecule has 0 spiro atoms. The summed E-state index contributed by atoms with van der Waals surface area (Å²) in [6.07, 6.45) is 4.67. The monoisotopic (exact) mass is 384 g/mol. The van der Waals surface area contributed by atoms with Gasteiger partial charge in [-0.05, 0) is 23.7 Å². The standard InChI is InChI=1S/C24H40N4/c1-17(2)11-25-15-26(12-18(3)4)22-10-24-23(9-21(22)25)27(13-19(5)6)16-28(24)14-20(7)8/h9-10,15-20H,11-14H2,1-8H3/q+2. The van der Waals surface area contributed by atoms with Crippen molar-refractivity contribution in [1.82, 2.24) is 9.13 Å². The van der Waals surface area contributed by atoms with Crippen molar-refractivity contribution < 1.29 is 9.13 Å². The maximum Gasteiger partial charge on any atom is 0.244 e. The zero-order valence-corrected chi connectivity index (χ0v) is 19.2. The van der Waals surface area contributed by atoms with E-state index >= 15 is 0 Å². The fourth-order valence-corrected chi connectivity index (χ4v) is 4.22. The summed E-state index contributed by atoms with van der Waals surface area (Å²) in [6.45, 7) is 22.6. The van der Waals surface area contributed by atoms with E-state index in [2.05, 4.69) is 98.4 Å². The van der Waals surface area contributed by atoms with E-state index in [1.54, 1.807) is 0 Å². The molecule has 0 atom stereocenters. The number of aromatic nitrogens is 4. The molecule has 4 nitrogen and oxygen atoms in total. The van der Waals surface area contributed by atoms with Crippen LogP contribution in [0.2, 0.25) is 0 Å². The summed E-state index contributed by atoms with van der Waals surface area (Å²) in [4.78, 5) is 0. The lowest BCUT2D eigenvalue weighted by atomic mass is 10.2. The average Bonchev–Trinajstić information content (AvgIpc) is 3.03. The van der Waals surface area contributed by atoms with E-state index in [1.807, 2.05) is 0 Å². The number of hydrogen-bond donors (Lipinski definition) is 0. The third-order valence-electron chi connectivity index (χ3n) is 5.11. The lowest BCUT2D eigenvalue weighted by molar-refractivity contribution is -0.681. The second-order valence-corrected chi connectivity index (χ2v) is 10.2. The van der Waals surface area contributed by atoms with Gasteiger partial charge in [-0.3, -0.25) is 0 Å². The SMILES string of the molecule is CC(C)Cn1c[n+](CC(C)C)c2cc3c(cc21)n(CC(C)C)c[n+]3CC(C)C. The minimum atomic E-state index is 0.632. The van der Waals surface area contributed by atoms with Gasteiger partial charge in [0.25, 0.3) is 0 Å². The van der Waals surface area contributed by atoms with Crippen molar-refractivity contribution in [2.75, 3.05) is 0 Å². The third-order valence-corrected chi connectivity index (χ3v) is 5.11. The molecule has 0 bridgehead atoms. The summed E-state index contributed by atoms with van der Waals surface area (Å²) in [6, 6.07) is 4.87. The van der Waals surface area contributed by atoms with E-state index in [4.69, 9.17) is 0 Å². The minimum Gasteiger partial charge on any atom is -0.229 e. The first-order chi connectivity index (χ1) is 13.2. The van der Waals surface area contributed by atoms with Gasteiger partial charge in [-0.25, -0.2) is 18.3 Å². The Morgan fingerprint density at radius 1 is 0.607 bits per heavy atom. The van der Waals surface area contributed by atoms with Gasteiger partial charge in [0.1, 0.15) is 0 Å². The van der Waals surface area contributed by atoms with Gasteiger partial charge < -0.3 is 0 Å². The summed E-state index contributed by atoms with van der Waals surface area (Å²) in [5.74, 6) is 2.53. The number of benzene rings is 1. The molecule has 0 aliphatic rings. The lowest BCUT2D eigenvalue weighted by Crippen LogP contribution is -2.36. The van der Waals surface area contributed by atoms with E-state index in [1.165, 1.54) is 22.1 Å². The van der Waals surface area contributed by atoms with Gasteiger partial charge in [-0.1, -0.05) is 55.4 Å². The summed E-state index contributed by atoms with van der Waals surface area (Å²) in [5.41, 5.74) is 5.45. The predicted molar refractivity (Wildman–Crippen MR) is 117 cm³/mol. The van der Waals surface area contributed by atoms with Gasteiger partial charge in [0.2, 0.25) is 12.7 Å². The van der Waals surface area contributed by atoms with Crippen LogP contribution in [0.3, 0.4) is 0 Å². The molecule has 0 aliphatic carbocycles. The highest BCUT2D eigenvalue weighted by Gasteiger charge is 2.25. The Balaban J connectivity index is 2.26. The van der Waals surface area contributed by atoms with E-state index in [0.717, 1.165) is 26.2 Å². The number of nitrogens with zero attached hydrogens (tertiary/aromatic N) is 4. The molecule has 1 aromatic carbocycles. The Kier molecular flexibility index (Phi) is 6.16. The molecule has 0 saturated carbocycles. The number of fused-ring (bicyclic) bond motifs is 2. The molecule has 0 saturated heterocycles. The van der Waals surface area contributed by atoms with Crippen molar-refractivity contribution in [1.29, 1.82) is 0 Å². The quantitative estimate of drug-likeness (QED) is 0.497. The van der Waals surface area contributed by atoms with E-state index in [0.29, 0.717) is 23.7 Å². The second-order valence-electron chi connectivity index (χ2n) is 10.2. The fourth-order valence-electron chi connectivity index (χ4n) is 4.22. The molecule has 2 aromatic heterocycles. The predicted octanol–water partition coefficient (Wildman–Crippen LogP) is 4.80. The Morgan fingerprint density at radius 3 is 1.32 bits per heavy atom. The summed E-state index contributed by atoms with van der Waals surface area (Å²) < 4.78 is 9.84. The van der Waals surface area contributed by atoms with E-state index < -0.39 is 0 Å². The molecule has 154 valence electrons. The largest absolute Gasteiger partial charge is 0.244 e. The van der Waals surface area contributed by atoms with Crippen LogP contribution in [0.4, 0.5) is 0 Å². The van der Waals surface area contributed by atoms with Crippen LogP contribution in [-0.4, -0.2) is 9.13 Å². The highest BCUT2D eigenvalue weighted by Crippen LogP contribution is 2.22. The molecule has 0 N–H and O–H groups in total. The molecular formula is C24H40N4+2. The van der Waals surface area contributed by atoms with E-state index in [-0.39, 0.29) is 0 Å². The van der Waals surface area contributed by atoms with Crippen LogP contribution in [0.5, 0.6) is 0 Å². The first kappa shape index (κ1) is 20.9. The second kappa shape index (κ2) is 8.26. The van der Waals surface area contributed by atoms with Crippen LogP contribution in [0, 0.1) is 23.7 Å². The highest BCUT2D eigenvalue weighted by molar-refractivity contribution is 5.88. The van der Waals surface area contributed by atoms with Gasteiger partial charge in [0, 0.05) is 12.1 Å². The molecule has 3 aromatic rings. The van der Waals surface area contributed by atoms with Crippen molar-refractivity contribution in [3.8, 4) is 0 Å². The van der Waals surface area contributed by atoms with Crippen molar-refractivity contribution in [3.05, 3.63) is 24.8 Å². The summed E-state index contributed by atoms with van der Waals surface area (Å²) in [5, 5.41) is 0. The van der Waals surface area contributed by atoms with Crippen molar-refractivity contribution in [2.45, 2.75) is 81.6 Å². The molecule has 4 heteroatoms. The topological polar surface area (TPSA) is 17.6 Å². The normalized spacial score (nSPS) is 12.7. The van der Waals surface area contributed by atoms with Crippen molar-refractivity contribution >= 4 is 22.1 Å². The summed E-state index contributed by atoms with van der Waals surface area (Å²) in [7, 11) is 0. The van der Waals surface area contributed by atoms with Crippen LogP contribution in [-0.2, 0) is 26.2 Å². The van der Waals surface area contributed by atoms with Crippen LogP contribution in [0.15, 0.2) is 24.8 Å². The average molecular weight is 385 g/mol. The van der Waals surface area contributed by atoms with Crippen LogP contribution >= 0.6 is 0 Å². The lowest BCUT2D eigenvalue weighted by Gasteiger charge is -2.02. The third kappa shape index (κ3) is 4.42. The smallest absolute Gasteiger partial charge is 0.229 e. The van der Waals surface area contributed by atoms with E-state index in [9.17, 15) is 0 Å². The van der Waals surface area contributed by atoms with Crippen LogP contribution in [0.25, 0.3) is 22.1 Å². The van der Waals surface area contributed by atoms with Gasteiger partial charge in [0.05, 0.1) is 26.2 Å². The number of hydrogen-bond acceptors (Lipinski definition) is 0. The Labute approximate surface area is 170 Å². The Hall–Kier alpha value is -1.84. The molecule has 0 radical (unpaired) electrons. The maximum atomic E-state index is 2.46. The van der Waals surface area contributed by atoms with Crippen LogP contribution in [0.1, 0.15) is 55.4 Å². The zero-order valence-electron chi connectivity index (χ0n) is 19.2. The minimum absolute atomic E-state index is 0.632. The number of imidazole rings is 2. The highest BCUT2D eigenvalue weighted by atomic mass is 15.2. The van der Waals surface area contributed by atoms with Gasteiger partial charge in [-0.15, -0.1) is 0 Å². The zero-order chi connectivity index (χ0) is 20.6. The fraction of sp³-hybridized carbons (Fsp3) is 0.667. The first-order valence-electron chi connectivity index (χ1n) is 11.1. The van der Waals surface area contributed by atoms with Crippen LogP contribution < -0.4 is 9.13 Å². The molecule has 3 rings (SSSR count). The molecule has 0 amide bonds. The van der Waals surface area contributed by atoms with Gasteiger partial charge >= 0.3 is 0 Å². The van der Waals surface area contributed by atoms with Crippen molar-refractivity contribution in [3.63, 3.8) is 0 Å². The molecule has 0 aliphatic heterocycles. The van der Waals surface area contributed by atoms with Crippen molar-refractivity contribution in [2.24, 2.45) is 23.7 Å². The maximum absolute atomic E-state index is 2.46. The number of rotatable bonds is 8. The molecular weight excluding hydrogens is 344 g/mol. The van der Waals surface area contributed by atoms with Gasteiger partial charge in [0.15, 0.2) is 22.1 Å². The molecule has 0 unspecified atom stereocenters. The summed E-state index contributed by atoms with van der Waals surface area (Å²) >= 11 is 0. The Bertz CT molecular complexity index is 794. The molecule has 2 heterocycles. The molecule has 0 fully saturated rings. The molecule has 28 heavy (non-hydrogen) atoms. The Morgan fingerprint density at radius 2 is 1.00 bits per heavy atom.